The Hall–Kier alpha value is -0.900. The molecule has 1 unspecified atom stereocenters. The molecule has 1 aliphatic rings. The molecule has 0 aromatic heterocycles. The van der Waals surface area contributed by atoms with Crippen LogP contribution in [0.1, 0.15) is 48.9 Å². The smallest absolute Gasteiger partial charge is 0.0599 e. The summed E-state index contributed by atoms with van der Waals surface area (Å²) < 4.78 is 5.89. The van der Waals surface area contributed by atoms with Crippen LogP contribution >= 0.6 is 0 Å². The topological polar surface area (TPSA) is 38.5 Å². The molecule has 0 amide bonds. The molecule has 0 radical (unpaired) electrons. The molecule has 3 heteroatoms. The van der Waals surface area contributed by atoms with Crippen LogP contribution in [-0.4, -0.2) is 37.2 Å². The fraction of sp³-hybridized carbons (Fsp3) is 0.667. The number of ether oxygens (including phenoxy) is 1. The Balaban J connectivity index is 1.86. The van der Waals surface area contributed by atoms with Gasteiger partial charge in [0.25, 0.3) is 0 Å². The zero-order chi connectivity index (χ0) is 15.2. The van der Waals surface area contributed by atoms with Crippen molar-refractivity contribution >= 4 is 0 Å². The number of rotatable bonds is 6. The zero-order valence-electron chi connectivity index (χ0n) is 13.8. The van der Waals surface area contributed by atoms with Crippen LogP contribution in [0.3, 0.4) is 0 Å². The maximum atomic E-state index is 5.89. The maximum absolute atomic E-state index is 5.89. The Morgan fingerprint density at radius 1 is 1.19 bits per heavy atom. The molecule has 1 fully saturated rings. The van der Waals surface area contributed by atoms with Crippen molar-refractivity contribution in [1.82, 2.24) is 4.90 Å². The summed E-state index contributed by atoms with van der Waals surface area (Å²) in [7, 11) is 0. The van der Waals surface area contributed by atoms with E-state index < -0.39 is 0 Å². The van der Waals surface area contributed by atoms with Crippen LogP contribution in [0.4, 0.5) is 0 Å². The number of piperidine rings is 1. The van der Waals surface area contributed by atoms with Crippen molar-refractivity contribution in [2.45, 2.75) is 52.2 Å². The highest BCUT2D eigenvalue weighted by atomic mass is 16.5. The summed E-state index contributed by atoms with van der Waals surface area (Å²) in [5.74, 6) is 0. The predicted molar refractivity (Wildman–Crippen MR) is 88.5 cm³/mol. The molecule has 1 aliphatic heterocycles. The molecule has 118 valence electrons. The van der Waals surface area contributed by atoms with Gasteiger partial charge < -0.3 is 10.5 Å². The third-order valence-electron chi connectivity index (χ3n) is 4.45. The number of hydrogen-bond donors (Lipinski definition) is 1. The van der Waals surface area contributed by atoms with Crippen molar-refractivity contribution in [3.63, 3.8) is 0 Å². The van der Waals surface area contributed by atoms with Crippen LogP contribution in [-0.2, 0) is 4.74 Å². The second kappa shape index (κ2) is 7.92. The summed E-state index contributed by atoms with van der Waals surface area (Å²) in [5.41, 5.74) is 9.66. The van der Waals surface area contributed by atoms with E-state index in [1.54, 1.807) is 0 Å². The highest BCUT2D eigenvalue weighted by Crippen LogP contribution is 2.26. The Bertz CT molecular complexity index is 419. The quantitative estimate of drug-likeness (QED) is 0.818. The molecular formula is C18H30N2O. The fourth-order valence-electron chi connectivity index (χ4n) is 3.22. The molecule has 1 aromatic rings. The average Bonchev–Trinajstić information content (AvgIpc) is 2.46. The van der Waals surface area contributed by atoms with Gasteiger partial charge in [-0.3, -0.25) is 4.90 Å². The molecule has 0 bridgehead atoms. The van der Waals surface area contributed by atoms with Crippen LogP contribution in [0.5, 0.6) is 0 Å². The standard InChI is InChI=1S/C18H30N2O/c1-14-11-15(2)13-17(12-14)16(3)20-8-5-18(6-9-20)21-10-4-7-19/h11-13,16,18H,4-10,19H2,1-3H3. The summed E-state index contributed by atoms with van der Waals surface area (Å²) in [5, 5.41) is 0. The number of nitrogens with two attached hydrogens (primary N) is 1. The van der Waals surface area contributed by atoms with E-state index >= 15 is 0 Å². The summed E-state index contributed by atoms with van der Waals surface area (Å²) in [4.78, 5) is 2.58. The minimum atomic E-state index is 0.430. The summed E-state index contributed by atoms with van der Waals surface area (Å²) in [6, 6.07) is 7.38. The second-order valence-corrected chi connectivity index (χ2v) is 6.35. The lowest BCUT2D eigenvalue weighted by Gasteiger charge is -2.36. The highest BCUT2D eigenvalue weighted by molar-refractivity contribution is 5.30. The van der Waals surface area contributed by atoms with Crippen molar-refractivity contribution in [1.29, 1.82) is 0 Å². The van der Waals surface area contributed by atoms with Gasteiger partial charge in [0.1, 0.15) is 0 Å². The van der Waals surface area contributed by atoms with Gasteiger partial charge in [0.2, 0.25) is 0 Å². The van der Waals surface area contributed by atoms with Crippen LogP contribution in [0.2, 0.25) is 0 Å². The lowest BCUT2D eigenvalue weighted by atomic mass is 9.98. The number of likely N-dealkylation sites (tertiary alicyclic amines) is 1. The predicted octanol–water partition coefficient (Wildman–Crippen LogP) is 3.19. The molecular weight excluding hydrogens is 260 g/mol. The van der Waals surface area contributed by atoms with E-state index in [0.717, 1.165) is 45.5 Å². The lowest BCUT2D eigenvalue weighted by Crippen LogP contribution is -2.38. The molecule has 1 heterocycles. The number of benzene rings is 1. The number of aryl methyl sites for hydroxylation is 2. The first-order valence-electron chi connectivity index (χ1n) is 8.24. The minimum absolute atomic E-state index is 0.430. The Morgan fingerprint density at radius 3 is 2.38 bits per heavy atom. The molecule has 3 nitrogen and oxygen atoms in total. The average molecular weight is 290 g/mol. The van der Waals surface area contributed by atoms with E-state index in [1.807, 2.05) is 0 Å². The summed E-state index contributed by atoms with van der Waals surface area (Å²) in [6.45, 7) is 10.5. The second-order valence-electron chi connectivity index (χ2n) is 6.35. The zero-order valence-corrected chi connectivity index (χ0v) is 13.8. The molecule has 0 spiro atoms. The van der Waals surface area contributed by atoms with E-state index in [-0.39, 0.29) is 0 Å². The van der Waals surface area contributed by atoms with E-state index in [2.05, 4.69) is 43.9 Å². The molecule has 21 heavy (non-hydrogen) atoms. The van der Waals surface area contributed by atoms with Crippen molar-refractivity contribution in [2.75, 3.05) is 26.2 Å². The highest BCUT2D eigenvalue weighted by Gasteiger charge is 2.23. The molecule has 1 aromatic carbocycles. The van der Waals surface area contributed by atoms with E-state index in [1.165, 1.54) is 16.7 Å². The van der Waals surface area contributed by atoms with Gasteiger partial charge in [-0.1, -0.05) is 29.3 Å². The van der Waals surface area contributed by atoms with Gasteiger partial charge in [0.05, 0.1) is 6.10 Å². The van der Waals surface area contributed by atoms with E-state index in [9.17, 15) is 0 Å². The van der Waals surface area contributed by atoms with Crippen LogP contribution in [0, 0.1) is 13.8 Å². The van der Waals surface area contributed by atoms with Gasteiger partial charge in [-0.15, -0.1) is 0 Å². The van der Waals surface area contributed by atoms with Gasteiger partial charge in [0, 0.05) is 25.7 Å². The normalized spacial score (nSPS) is 18.9. The van der Waals surface area contributed by atoms with Crippen molar-refractivity contribution < 1.29 is 4.74 Å². The molecule has 2 N–H and O–H groups in total. The Kier molecular flexibility index (Phi) is 6.22. The van der Waals surface area contributed by atoms with Crippen LogP contribution < -0.4 is 5.73 Å². The Labute approximate surface area is 129 Å². The Morgan fingerprint density at radius 2 is 1.81 bits per heavy atom. The SMILES string of the molecule is Cc1cc(C)cc(C(C)N2CCC(OCCCN)CC2)c1. The van der Waals surface area contributed by atoms with Crippen molar-refractivity contribution in [3.05, 3.63) is 34.9 Å². The van der Waals surface area contributed by atoms with Crippen molar-refractivity contribution in [2.24, 2.45) is 5.73 Å². The molecule has 0 saturated carbocycles. The third-order valence-corrected chi connectivity index (χ3v) is 4.45. The molecule has 1 saturated heterocycles. The first-order chi connectivity index (χ1) is 10.1. The monoisotopic (exact) mass is 290 g/mol. The molecule has 2 rings (SSSR count). The van der Waals surface area contributed by atoms with E-state index in [0.29, 0.717) is 12.1 Å². The first-order valence-corrected chi connectivity index (χ1v) is 8.24. The van der Waals surface area contributed by atoms with Gasteiger partial charge in [-0.2, -0.15) is 0 Å². The summed E-state index contributed by atoms with van der Waals surface area (Å²) in [6.07, 6.45) is 3.68. The fourth-order valence-corrected chi connectivity index (χ4v) is 3.22. The largest absolute Gasteiger partial charge is 0.378 e. The third kappa shape index (κ3) is 4.80. The first kappa shape index (κ1) is 16.5. The lowest BCUT2D eigenvalue weighted by molar-refractivity contribution is -0.000757. The van der Waals surface area contributed by atoms with Crippen molar-refractivity contribution in [3.8, 4) is 0 Å². The van der Waals surface area contributed by atoms with Gasteiger partial charge in [0.15, 0.2) is 0 Å². The van der Waals surface area contributed by atoms with Gasteiger partial charge in [-0.25, -0.2) is 0 Å². The van der Waals surface area contributed by atoms with Gasteiger partial charge in [-0.05, 0) is 52.1 Å². The number of hydrogen-bond acceptors (Lipinski definition) is 3. The minimum Gasteiger partial charge on any atom is -0.378 e. The summed E-state index contributed by atoms with van der Waals surface area (Å²) >= 11 is 0. The maximum Gasteiger partial charge on any atom is 0.0599 e. The molecule has 0 aliphatic carbocycles. The van der Waals surface area contributed by atoms with E-state index in [4.69, 9.17) is 10.5 Å². The number of nitrogens with zero attached hydrogens (tertiary/aromatic N) is 1. The molecule has 1 atom stereocenters. The van der Waals surface area contributed by atoms with Gasteiger partial charge >= 0.3 is 0 Å². The van der Waals surface area contributed by atoms with Crippen LogP contribution in [0.15, 0.2) is 18.2 Å². The van der Waals surface area contributed by atoms with Crippen LogP contribution in [0.25, 0.3) is 0 Å².